The Morgan fingerprint density at radius 1 is 1.73 bits per heavy atom. The Hall–Kier alpha value is -0.970. The highest BCUT2D eigenvalue weighted by Gasteiger charge is 2.06. The number of Topliss-reactive ketones (excluding diaryl/α,β-unsaturated/α-hetero) is 1. The Morgan fingerprint density at radius 2 is 2.27 bits per heavy atom. The number of hydrogen-bond donors (Lipinski definition) is 0. The highest BCUT2D eigenvalue weighted by Crippen LogP contribution is 2.02. The molecule has 0 aromatic rings. The van der Waals surface area contributed by atoms with Crippen LogP contribution in [0.1, 0.15) is 20.3 Å². The fourth-order valence-corrected chi connectivity index (χ4v) is 0.655. The molecule has 0 heterocycles. The van der Waals surface area contributed by atoms with Crippen LogP contribution in [-0.4, -0.2) is 24.3 Å². The van der Waals surface area contributed by atoms with Crippen LogP contribution in [0.4, 0.5) is 0 Å². The smallest absolute Gasteiger partial charge is 0.132 e. The molecule has 11 heavy (non-hydrogen) atoms. The molecular formula is C9H15NO. The molecule has 0 aliphatic rings. The number of ketones is 1. The van der Waals surface area contributed by atoms with Gasteiger partial charge in [-0.25, -0.2) is 0 Å². The van der Waals surface area contributed by atoms with E-state index in [1.165, 1.54) is 0 Å². The topological polar surface area (TPSA) is 20.3 Å². The zero-order valence-electron chi connectivity index (χ0n) is 7.42. The van der Waals surface area contributed by atoms with Gasteiger partial charge in [0.1, 0.15) is 5.78 Å². The van der Waals surface area contributed by atoms with Crippen molar-refractivity contribution < 1.29 is 4.79 Å². The van der Waals surface area contributed by atoms with Gasteiger partial charge in [0.25, 0.3) is 0 Å². The SMILES string of the molecule is C#CN(C)CCC(C)C(C)=O. The predicted octanol–water partition coefficient (Wildman–Crippen LogP) is 1.12. The molecule has 1 atom stereocenters. The van der Waals surface area contributed by atoms with Crippen molar-refractivity contribution in [3.63, 3.8) is 0 Å². The molecule has 0 bridgehead atoms. The monoisotopic (exact) mass is 153 g/mol. The van der Waals surface area contributed by atoms with Crippen LogP contribution in [0.2, 0.25) is 0 Å². The van der Waals surface area contributed by atoms with Crippen molar-refractivity contribution in [3.8, 4) is 12.5 Å². The minimum Gasteiger partial charge on any atom is -0.336 e. The normalized spacial score (nSPS) is 11.8. The molecular weight excluding hydrogens is 138 g/mol. The van der Waals surface area contributed by atoms with Crippen LogP contribution in [-0.2, 0) is 4.79 Å². The van der Waals surface area contributed by atoms with Crippen LogP contribution in [0.15, 0.2) is 0 Å². The van der Waals surface area contributed by atoms with Gasteiger partial charge in [0.15, 0.2) is 0 Å². The van der Waals surface area contributed by atoms with Gasteiger partial charge < -0.3 is 4.90 Å². The van der Waals surface area contributed by atoms with E-state index in [0.717, 1.165) is 13.0 Å². The van der Waals surface area contributed by atoms with E-state index in [0.29, 0.717) is 0 Å². The third-order valence-electron chi connectivity index (χ3n) is 1.81. The lowest BCUT2D eigenvalue weighted by atomic mass is 10.0. The zero-order valence-corrected chi connectivity index (χ0v) is 7.42. The van der Waals surface area contributed by atoms with E-state index < -0.39 is 0 Å². The molecule has 0 saturated heterocycles. The highest BCUT2D eigenvalue weighted by molar-refractivity contribution is 5.77. The van der Waals surface area contributed by atoms with Gasteiger partial charge in [-0.2, -0.15) is 0 Å². The van der Waals surface area contributed by atoms with E-state index in [4.69, 9.17) is 6.42 Å². The number of nitrogens with zero attached hydrogens (tertiary/aromatic N) is 1. The summed E-state index contributed by atoms with van der Waals surface area (Å²) in [5.74, 6) is 0.362. The maximum absolute atomic E-state index is 10.8. The second kappa shape index (κ2) is 4.79. The first kappa shape index (κ1) is 10.0. The zero-order chi connectivity index (χ0) is 8.85. The number of hydrogen-bond acceptors (Lipinski definition) is 2. The minimum atomic E-state index is 0.130. The highest BCUT2D eigenvalue weighted by atomic mass is 16.1. The molecule has 0 aromatic carbocycles. The molecule has 0 fully saturated rings. The van der Waals surface area contributed by atoms with Gasteiger partial charge in [0, 0.05) is 25.6 Å². The third-order valence-corrected chi connectivity index (χ3v) is 1.81. The fraction of sp³-hybridized carbons (Fsp3) is 0.667. The van der Waals surface area contributed by atoms with Gasteiger partial charge in [-0.1, -0.05) is 13.3 Å². The molecule has 0 amide bonds. The number of rotatable bonds is 4. The van der Waals surface area contributed by atoms with Crippen molar-refractivity contribution >= 4 is 5.78 Å². The average molecular weight is 153 g/mol. The summed E-state index contributed by atoms with van der Waals surface area (Å²) in [5, 5.41) is 0. The lowest BCUT2D eigenvalue weighted by molar-refractivity contribution is -0.120. The first-order valence-electron chi connectivity index (χ1n) is 3.75. The molecule has 2 nitrogen and oxygen atoms in total. The molecule has 0 aromatic heterocycles. The third kappa shape index (κ3) is 4.44. The van der Waals surface area contributed by atoms with Crippen LogP contribution < -0.4 is 0 Å². The molecule has 0 radical (unpaired) electrons. The van der Waals surface area contributed by atoms with E-state index in [9.17, 15) is 4.79 Å². The summed E-state index contributed by atoms with van der Waals surface area (Å²) in [6, 6.07) is 2.48. The van der Waals surface area contributed by atoms with Crippen molar-refractivity contribution in [2.75, 3.05) is 13.6 Å². The molecule has 1 unspecified atom stereocenters. The lowest BCUT2D eigenvalue weighted by Crippen LogP contribution is -2.18. The van der Waals surface area contributed by atoms with Gasteiger partial charge in [-0.15, -0.1) is 0 Å². The van der Waals surface area contributed by atoms with Crippen molar-refractivity contribution in [1.82, 2.24) is 4.90 Å². The van der Waals surface area contributed by atoms with Gasteiger partial charge in [0.05, 0.1) is 0 Å². The predicted molar refractivity (Wildman–Crippen MR) is 45.9 cm³/mol. The summed E-state index contributed by atoms with van der Waals surface area (Å²) in [6.45, 7) is 4.32. The minimum absolute atomic E-state index is 0.130. The number of terminal acetylenes is 1. The van der Waals surface area contributed by atoms with Gasteiger partial charge >= 0.3 is 0 Å². The van der Waals surface area contributed by atoms with Crippen molar-refractivity contribution in [1.29, 1.82) is 0 Å². The fourth-order valence-electron chi connectivity index (χ4n) is 0.655. The lowest BCUT2D eigenvalue weighted by Gasteiger charge is -2.12. The molecule has 0 N–H and O–H groups in total. The first-order chi connectivity index (χ1) is 5.07. The van der Waals surface area contributed by atoms with E-state index in [1.807, 2.05) is 14.0 Å². The number of carbonyl (C=O) groups is 1. The van der Waals surface area contributed by atoms with E-state index in [-0.39, 0.29) is 11.7 Å². The van der Waals surface area contributed by atoms with Crippen LogP contribution >= 0.6 is 0 Å². The largest absolute Gasteiger partial charge is 0.336 e. The molecule has 0 rings (SSSR count). The maximum Gasteiger partial charge on any atom is 0.132 e. The summed E-state index contributed by atoms with van der Waals surface area (Å²) in [6.07, 6.45) is 5.97. The summed E-state index contributed by atoms with van der Waals surface area (Å²) >= 11 is 0. The molecule has 62 valence electrons. The van der Waals surface area contributed by atoms with E-state index >= 15 is 0 Å². The van der Waals surface area contributed by atoms with Crippen molar-refractivity contribution in [2.24, 2.45) is 5.92 Å². The second-order valence-electron chi connectivity index (χ2n) is 2.85. The second-order valence-corrected chi connectivity index (χ2v) is 2.85. The first-order valence-corrected chi connectivity index (χ1v) is 3.75. The molecule has 2 heteroatoms. The Labute approximate surface area is 68.6 Å². The van der Waals surface area contributed by atoms with Gasteiger partial charge in [-0.05, 0) is 13.3 Å². The van der Waals surface area contributed by atoms with Gasteiger partial charge in [-0.3, -0.25) is 4.79 Å². The van der Waals surface area contributed by atoms with Gasteiger partial charge in [0.2, 0.25) is 0 Å². The number of carbonyl (C=O) groups excluding carboxylic acids is 1. The van der Waals surface area contributed by atoms with Crippen molar-refractivity contribution in [2.45, 2.75) is 20.3 Å². The summed E-state index contributed by atoms with van der Waals surface area (Å²) in [4.78, 5) is 12.5. The molecule has 0 aliphatic heterocycles. The molecule has 0 saturated carbocycles. The summed E-state index contributed by atoms with van der Waals surface area (Å²) < 4.78 is 0. The average Bonchev–Trinajstić information content (AvgIpc) is 1.99. The Bertz CT molecular complexity index is 169. The van der Waals surface area contributed by atoms with Crippen LogP contribution in [0, 0.1) is 18.4 Å². The standard InChI is InChI=1S/C9H15NO/c1-5-10(4)7-6-8(2)9(3)11/h1,8H,6-7H2,2-4H3. The van der Waals surface area contributed by atoms with Crippen LogP contribution in [0.3, 0.4) is 0 Å². The molecule has 0 spiro atoms. The van der Waals surface area contributed by atoms with E-state index in [2.05, 4.69) is 6.04 Å². The maximum atomic E-state index is 10.8. The Kier molecular flexibility index (Phi) is 4.36. The van der Waals surface area contributed by atoms with Crippen LogP contribution in [0.25, 0.3) is 0 Å². The van der Waals surface area contributed by atoms with E-state index in [1.54, 1.807) is 11.8 Å². The Morgan fingerprint density at radius 3 is 2.64 bits per heavy atom. The summed E-state index contributed by atoms with van der Waals surface area (Å²) in [5.41, 5.74) is 0. The Balaban J connectivity index is 3.55. The quantitative estimate of drug-likeness (QED) is 0.445. The summed E-state index contributed by atoms with van der Waals surface area (Å²) in [7, 11) is 1.84. The van der Waals surface area contributed by atoms with Crippen molar-refractivity contribution in [3.05, 3.63) is 0 Å². The van der Waals surface area contributed by atoms with Crippen LogP contribution in [0.5, 0.6) is 0 Å². The molecule has 0 aliphatic carbocycles.